The molecule has 0 atom stereocenters. The second-order valence-electron chi connectivity index (χ2n) is 6.21. The predicted octanol–water partition coefficient (Wildman–Crippen LogP) is 2.86. The van der Waals surface area contributed by atoms with Gasteiger partial charge in [0, 0.05) is 42.9 Å². The van der Waals surface area contributed by atoms with Gasteiger partial charge in [-0.25, -0.2) is 9.97 Å². The van der Waals surface area contributed by atoms with Crippen molar-refractivity contribution >= 4 is 34.6 Å². The van der Waals surface area contributed by atoms with Crippen molar-refractivity contribution in [1.82, 2.24) is 9.97 Å². The van der Waals surface area contributed by atoms with Crippen molar-refractivity contribution in [3.63, 3.8) is 0 Å². The molecule has 1 saturated heterocycles. The van der Waals surface area contributed by atoms with Gasteiger partial charge in [0.2, 0.25) is 0 Å². The average molecular weight is 347 g/mol. The van der Waals surface area contributed by atoms with Gasteiger partial charge in [0.1, 0.15) is 12.0 Å². The molecule has 0 bridgehead atoms. The molecular weight excluding hydrogens is 324 g/mol. The van der Waals surface area contributed by atoms with E-state index in [1.165, 1.54) is 0 Å². The van der Waals surface area contributed by atoms with E-state index in [-0.39, 0.29) is 6.04 Å². The first kappa shape index (κ1) is 16.6. The summed E-state index contributed by atoms with van der Waals surface area (Å²) in [7, 11) is 0. The van der Waals surface area contributed by atoms with Crippen LogP contribution < -0.4 is 20.9 Å². The van der Waals surface area contributed by atoms with Crippen molar-refractivity contribution in [2.75, 3.05) is 47.0 Å². The number of aromatic nitrogens is 2. The first-order valence-corrected chi connectivity index (χ1v) is 8.55. The van der Waals surface area contributed by atoms with Gasteiger partial charge in [-0.2, -0.15) is 0 Å². The number of piperazine rings is 1. The summed E-state index contributed by atoms with van der Waals surface area (Å²) in [6.45, 7) is 7.63. The number of hydrogen-bond acceptors (Lipinski definition) is 6. The van der Waals surface area contributed by atoms with Crippen LogP contribution in [0.4, 0.5) is 23.0 Å². The maximum atomic E-state index is 6.27. The number of nitrogens with two attached hydrogens (primary N) is 1. The van der Waals surface area contributed by atoms with E-state index in [4.69, 9.17) is 17.3 Å². The second kappa shape index (κ2) is 7.13. The minimum Gasteiger partial charge on any atom is -0.393 e. The van der Waals surface area contributed by atoms with E-state index in [1.54, 1.807) is 6.33 Å². The fraction of sp³-hybridized carbons (Fsp3) is 0.412. The van der Waals surface area contributed by atoms with E-state index in [0.717, 1.165) is 42.7 Å². The number of rotatable bonds is 4. The molecule has 2 heterocycles. The molecule has 3 N–H and O–H groups in total. The van der Waals surface area contributed by atoms with Crippen LogP contribution in [0, 0.1) is 0 Å². The molecule has 6 nitrogen and oxygen atoms in total. The van der Waals surface area contributed by atoms with Gasteiger partial charge >= 0.3 is 0 Å². The Bertz CT molecular complexity index is 697. The molecule has 0 radical (unpaired) electrons. The van der Waals surface area contributed by atoms with Gasteiger partial charge < -0.3 is 20.9 Å². The number of hydrogen-bond donors (Lipinski definition) is 2. The highest BCUT2D eigenvalue weighted by Crippen LogP contribution is 2.28. The van der Waals surface area contributed by atoms with Gasteiger partial charge in [0.25, 0.3) is 0 Å². The van der Waals surface area contributed by atoms with Crippen LogP contribution in [0.15, 0.2) is 30.6 Å². The molecule has 0 amide bonds. The Kier molecular flexibility index (Phi) is 4.94. The summed E-state index contributed by atoms with van der Waals surface area (Å²) in [4.78, 5) is 13.2. The topological polar surface area (TPSA) is 70.3 Å². The van der Waals surface area contributed by atoms with Gasteiger partial charge in [-0.1, -0.05) is 17.7 Å². The maximum Gasteiger partial charge on any atom is 0.157 e. The highest BCUT2D eigenvalue weighted by Gasteiger charge is 2.21. The molecule has 1 fully saturated rings. The summed E-state index contributed by atoms with van der Waals surface area (Å²) < 4.78 is 0. The lowest BCUT2D eigenvalue weighted by atomic mass is 10.2. The summed E-state index contributed by atoms with van der Waals surface area (Å²) >= 11 is 6.09. The first-order chi connectivity index (χ1) is 11.5. The Morgan fingerprint density at radius 3 is 2.50 bits per heavy atom. The fourth-order valence-corrected chi connectivity index (χ4v) is 3.06. The molecule has 0 saturated carbocycles. The minimum atomic E-state index is 0.273. The third-order valence-electron chi connectivity index (χ3n) is 4.04. The van der Waals surface area contributed by atoms with Gasteiger partial charge in [-0.15, -0.1) is 0 Å². The number of nitrogen functional groups attached to an aromatic ring is 1. The molecule has 128 valence electrons. The van der Waals surface area contributed by atoms with Crippen LogP contribution in [0.1, 0.15) is 13.8 Å². The molecule has 2 aromatic rings. The Balaban J connectivity index is 1.71. The van der Waals surface area contributed by atoms with Crippen molar-refractivity contribution in [3.8, 4) is 0 Å². The fourth-order valence-electron chi connectivity index (χ4n) is 2.88. The molecule has 1 aliphatic rings. The number of nitrogens with zero attached hydrogens (tertiary/aromatic N) is 4. The molecule has 1 aliphatic heterocycles. The average Bonchev–Trinajstić information content (AvgIpc) is 2.57. The van der Waals surface area contributed by atoms with E-state index in [0.29, 0.717) is 11.5 Å². The van der Waals surface area contributed by atoms with Crippen molar-refractivity contribution in [2.45, 2.75) is 19.9 Å². The molecule has 3 rings (SSSR count). The lowest BCUT2D eigenvalue weighted by Gasteiger charge is -2.37. The molecule has 0 aliphatic carbocycles. The zero-order chi connectivity index (χ0) is 17.1. The standard InChI is InChI=1S/C17H23ClN6/c1-12(2)22-16-15(19)17(21-11-20-16)24-8-6-23(7-9-24)14-5-3-4-13(18)10-14/h3-5,10-12H,6-9,19H2,1-2H3,(H,20,21,22). The Labute approximate surface area is 147 Å². The van der Waals surface area contributed by atoms with Crippen LogP contribution >= 0.6 is 11.6 Å². The van der Waals surface area contributed by atoms with Crippen molar-refractivity contribution < 1.29 is 0 Å². The summed E-state index contributed by atoms with van der Waals surface area (Å²) in [6.07, 6.45) is 1.57. The lowest BCUT2D eigenvalue weighted by molar-refractivity contribution is 0.647. The molecule has 0 spiro atoms. The van der Waals surface area contributed by atoms with Crippen LogP contribution in [-0.2, 0) is 0 Å². The van der Waals surface area contributed by atoms with Crippen molar-refractivity contribution in [1.29, 1.82) is 0 Å². The van der Waals surface area contributed by atoms with Crippen LogP contribution in [0.2, 0.25) is 5.02 Å². The highest BCUT2D eigenvalue weighted by atomic mass is 35.5. The zero-order valence-electron chi connectivity index (χ0n) is 14.0. The van der Waals surface area contributed by atoms with E-state index < -0.39 is 0 Å². The predicted molar refractivity (Wildman–Crippen MR) is 101 cm³/mol. The minimum absolute atomic E-state index is 0.273. The Morgan fingerprint density at radius 1 is 1.12 bits per heavy atom. The largest absolute Gasteiger partial charge is 0.393 e. The molecule has 0 unspecified atom stereocenters. The van der Waals surface area contributed by atoms with Crippen LogP contribution in [0.3, 0.4) is 0 Å². The molecule has 24 heavy (non-hydrogen) atoms. The number of halogens is 1. The molecule has 1 aromatic heterocycles. The van der Waals surface area contributed by atoms with E-state index in [2.05, 4.69) is 45.0 Å². The van der Waals surface area contributed by atoms with Crippen LogP contribution in [-0.4, -0.2) is 42.2 Å². The summed E-state index contributed by atoms with van der Waals surface area (Å²) in [5.41, 5.74) is 8.03. The monoisotopic (exact) mass is 346 g/mol. The van der Waals surface area contributed by atoms with Gasteiger partial charge in [0.15, 0.2) is 11.6 Å². The quantitative estimate of drug-likeness (QED) is 0.887. The SMILES string of the molecule is CC(C)Nc1ncnc(N2CCN(c3cccc(Cl)c3)CC2)c1N. The van der Waals surface area contributed by atoms with Gasteiger partial charge in [0.05, 0.1) is 0 Å². The summed E-state index contributed by atoms with van der Waals surface area (Å²) in [6, 6.07) is 8.24. The second-order valence-corrected chi connectivity index (χ2v) is 6.65. The highest BCUT2D eigenvalue weighted by molar-refractivity contribution is 6.30. The third-order valence-corrected chi connectivity index (χ3v) is 4.28. The zero-order valence-corrected chi connectivity index (χ0v) is 14.8. The number of benzene rings is 1. The molecule has 7 heteroatoms. The lowest BCUT2D eigenvalue weighted by Crippen LogP contribution is -2.47. The Hall–Kier alpha value is -2.21. The van der Waals surface area contributed by atoms with E-state index in [1.807, 2.05) is 18.2 Å². The van der Waals surface area contributed by atoms with Crippen molar-refractivity contribution in [3.05, 3.63) is 35.6 Å². The number of anilines is 4. The van der Waals surface area contributed by atoms with Gasteiger partial charge in [-0.3, -0.25) is 0 Å². The van der Waals surface area contributed by atoms with E-state index >= 15 is 0 Å². The smallest absolute Gasteiger partial charge is 0.157 e. The first-order valence-electron chi connectivity index (χ1n) is 8.17. The van der Waals surface area contributed by atoms with E-state index in [9.17, 15) is 0 Å². The Morgan fingerprint density at radius 2 is 1.83 bits per heavy atom. The summed E-state index contributed by atoms with van der Waals surface area (Å²) in [5.74, 6) is 1.51. The van der Waals surface area contributed by atoms with Crippen LogP contribution in [0.25, 0.3) is 0 Å². The maximum absolute atomic E-state index is 6.27. The molecule has 1 aromatic carbocycles. The molecular formula is C17H23ClN6. The van der Waals surface area contributed by atoms with Gasteiger partial charge in [-0.05, 0) is 32.0 Å². The number of nitrogens with one attached hydrogen (secondary N) is 1. The normalized spacial score (nSPS) is 15.0. The van der Waals surface area contributed by atoms with Crippen LogP contribution in [0.5, 0.6) is 0 Å². The summed E-state index contributed by atoms with van der Waals surface area (Å²) in [5, 5.41) is 4.03. The van der Waals surface area contributed by atoms with Crippen molar-refractivity contribution in [2.24, 2.45) is 0 Å². The third kappa shape index (κ3) is 3.64.